The third-order valence-electron chi connectivity index (χ3n) is 5.97. The predicted octanol–water partition coefficient (Wildman–Crippen LogP) is 2.69. The van der Waals surface area contributed by atoms with E-state index in [0.717, 1.165) is 24.2 Å². The van der Waals surface area contributed by atoms with Gasteiger partial charge >= 0.3 is 6.03 Å². The lowest BCUT2D eigenvalue weighted by molar-refractivity contribution is -0.134. The molecule has 4 amide bonds. The second-order valence-corrected chi connectivity index (χ2v) is 7.90. The van der Waals surface area contributed by atoms with Gasteiger partial charge in [-0.2, -0.15) is 0 Å². The fourth-order valence-electron chi connectivity index (χ4n) is 4.31. The Labute approximate surface area is 170 Å². The Balaban J connectivity index is 1.39. The summed E-state index contributed by atoms with van der Waals surface area (Å²) in [7, 11) is 0. The van der Waals surface area contributed by atoms with Crippen molar-refractivity contribution in [3.05, 3.63) is 71.3 Å². The van der Waals surface area contributed by atoms with Crippen LogP contribution in [0.1, 0.15) is 42.4 Å². The lowest BCUT2D eigenvalue weighted by Crippen LogP contribution is -2.44. The zero-order valence-electron chi connectivity index (χ0n) is 16.5. The van der Waals surface area contributed by atoms with E-state index in [4.69, 9.17) is 0 Å². The summed E-state index contributed by atoms with van der Waals surface area (Å²) in [4.78, 5) is 38.8. The first-order chi connectivity index (χ1) is 14.0. The zero-order chi connectivity index (χ0) is 20.4. The molecule has 29 heavy (non-hydrogen) atoms. The number of carbonyl (C=O) groups excluding carboxylic acids is 3. The minimum absolute atomic E-state index is 0.265. The van der Waals surface area contributed by atoms with Crippen LogP contribution in [0.3, 0.4) is 0 Å². The van der Waals surface area contributed by atoms with E-state index in [1.807, 2.05) is 30.3 Å². The number of benzene rings is 2. The number of amides is 4. The number of rotatable bonds is 5. The van der Waals surface area contributed by atoms with Crippen LogP contribution in [0.15, 0.2) is 54.6 Å². The lowest BCUT2D eigenvalue weighted by Gasteiger charge is -2.26. The summed E-state index contributed by atoms with van der Waals surface area (Å²) in [6.07, 6.45) is 3.19. The average Bonchev–Trinajstić information content (AvgIpc) is 2.97. The third-order valence-corrected chi connectivity index (χ3v) is 5.97. The maximum atomic E-state index is 12.9. The molecule has 6 heteroatoms. The minimum atomic E-state index is -1.15. The number of aryl methyl sites for hydroxylation is 1. The number of nitrogens with zero attached hydrogens (tertiary/aromatic N) is 1. The van der Waals surface area contributed by atoms with Crippen LogP contribution in [0, 0.1) is 0 Å². The molecule has 0 spiro atoms. The van der Waals surface area contributed by atoms with Gasteiger partial charge in [-0.1, -0.05) is 54.6 Å². The van der Waals surface area contributed by atoms with Gasteiger partial charge in [0.25, 0.3) is 5.91 Å². The number of fused-ring (bicyclic) bond motifs is 1. The van der Waals surface area contributed by atoms with E-state index in [1.165, 1.54) is 11.1 Å². The molecule has 1 saturated heterocycles. The SMILES string of the molecule is CC1(c2ccccc2)NC(=O)N(CC(=O)NCC2CCCc3ccccc32)C1=O. The van der Waals surface area contributed by atoms with Crippen LogP contribution in [0.5, 0.6) is 0 Å². The molecule has 2 N–H and O–H groups in total. The van der Waals surface area contributed by atoms with E-state index in [1.54, 1.807) is 19.1 Å². The molecule has 6 nitrogen and oxygen atoms in total. The molecule has 2 unspecified atom stereocenters. The molecule has 1 heterocycles. The van der Waals surface area contributed by atoms with Crippen LogP contribution >= 0.6 is 0 Å². The maximum absolute atomic E-state index is 12.9. The molecule has 0 radical (unpaired) electrons. The summed E-state index contributed by atoms with van der Waals surface area (Å²) in [5, 5.41) is 5.64. The molecule has 0 saturated carbocycles. The van der Waals surface area contributed by atoms with Crippen LogP contribution in [0.2, 0.25) is 0 Å². The van der Waals surface area contributed by atoms with Crippen LogP contribution in [0.25, 0.3) is 0 Å². The Morgan fingerprint density at radius 2 is 1.86 bits per heavy atom. The largest absolute Gasteiger partial charge is 0.354 e. The fourth-order valence-corrected chi connectivity index (χ4v) is 4.31. The molecular formula is C23H25N3O3. The van der Waals surface area contributed by atoms with Crippen molar-refractivity contribution in [2.75, 3.05) is 13.1 Å². The molecule has 2 atom stereocenters. The van der Waals surface area contributed by atoms with Crippen molar-refractivity contribution in [1.29, 1.82) is 0 Å². The van der Waals surface area contributed by atoms with Crippen LogP contribution in [-0.4, -0.2) is 35.8 Å². The molecule has 2 aromatic carbocycles. The Bertz CT molecular complexity index is 943. The van der Waals surface area contributed by atoms with Crippen LogP contribution in [-0.2, 0) is 21.5 Å². The maximum Gasteiger partial charge on any atom is 0.325 e. The molecule has 0 aromatic heterocycles. The summed E-state index contributed by atoms with van der Waals surface area (Å²) in [5.41, 5.74) is 2.16. The number of hydrogen-bond acceptors (Lipinski definition) is 3. The quantitative estimate of drug-likeness (QED) is 0.770. The highest BCUT2D eigenvalue weighted by Gasteiger charge is 2.49. The Hall–Kier alpha value is -3.15. The summed E-state index contributed by atoms with van der Waals surface area (Å²) in [5.74, 6) is -0.470. The monoisotopic (exact) mass is 391 g/mol. The van der Waals surface area contributed by atoms with Gasteiger partial charge in [-0.3, -0.25) is 14.5 Å². The summed E-state index contributed by atoms with van der Waals surface area (Å²) in [6.45, 7) is 1.90. The number of imide groups is 1. The van der Waals surface area contributed by atoms with Crippen molar-refractivity contribution in [1.82, 2.24) is 15.5 Å². The number of carbonyl (C=O) groups is 3. The molecule has 0 bridgehead atoms. The van der Waals surface area contributed by atoms with Crippen molar-refractivity contribution in [2.45, 2.75) is 37.6 Å². The Morgan fingerprint density at radius 1 is 1.14 bits per heavy atom. The van der Waals surface area contributed by atoms with Crippen molar-refractivity contribution in [3.8, 4) is 0 Å². The predicted molar refractivity (Wildman–Crippen MR) is 109 cm³/mol. The highest BCUT2D eigenvalue weighted by Crippen LogP contribution is 2.31. The van der Waals surface area contributed by atoms with Crippen molar-refractivity contribution in [2.24, 2.45) is 0 Å². The second-order valence-electron chi connectivity index (χ2n) is 7.90. The second kappa shape index (κ2) is 7.70. The van der Waals surface area contributed by atoms with E-state index >= 15 is 0 Å². The molecule has 1 aliphatic carbocycles. The first-order valence-corrected chi connectivity index (χ1v) is 10.0. The topological polar surface area (TPSA) is 78.5 Å². The molecule has 4 rings (SSSR count). The van der Waals surface area contributed by atoms with E-state index in [9.17, 15) is 14.4 Å². The number of urea groups is 1. The van der Waals surface area contributed by atoms with Gasteiger partial charge in [0.05, 0.1) is 0 Å². The van der Waals surface area contributed by atoms with Gasteiger partial charge in [-0.15, -0.1) is 0 Å². The molecule has 2 aromatic rings. The first-order valence-electron chi connectivity index (χ1n) is 10.0. The number of hydrogen-bond donors (Lipinski definition) is 2. The minimum Gasteiger partial charge on any atom is -0.354 e. The van der Waals surface area contributed by atoms with Crippen molar-refractivity contribution in [3.63, 3.8) is 0 Å². The molecule has 1 fully saturated rings. The van der Waals surface area contributed by atoms with Crippen molar-refractivity contribution < 1.29 is 14.4 Å². The van der Waals surface area contributed by atoms with Gasteiger partial charge in [0.1, 0.15) is 12.1 Å². The molecule has 1 aliphatic heterocycles. The highest BCUT2D eigenvalue weighted by molar-refractivity contribution is 6.09. The fraction of sp³-hybridized carbons (Fsp3) is 0.348. The third kappa shape index (κ3) is 3.62. The summed E-state index contributed by atoms with van der Waals surface area (Å²) >= 11 is 0. The van der Waals surface area contributed by atoms with E-state index in [2.05, 4.69) is 22.8 Å². The zero-order valence-corrected chi connectivity index (χ0v) is 16.5. The van der Waals surface area contributed by atoms with Crippen LogP contribution < -0.4 is 10.6 Å². The summed E-state index contributed by atoms with van der Waals surface area (Å²) in [6, 6.07) is 16.9. The van der Waals surface area contributed by atoms with E-state index in [0.29, 0.717) is 12.1 Å². The molecule has 2 aliphatic rings. The number of nitrogens with one attached hydrogen (secondary N) is 2. The first kappa shape index (κ1) is 19.2. The lowest BCUT2D eigenvalue weighted by atomic mass is 9.83. The van der Waals surface area contributed by atoms with Crippen LogP contribution in [0.4, 0.5) is 4.79 Å². The van der Waals surface area contributed by atoms with Crippen molar-refractivity contribution >= 4 is 17.8 Å². The van der Waals surface area contributed by atoms with Gasteiger partial charge in [-0.25, -0.2) is 4.79 Å². The normalized spacial score (nSPS) is 23.5. The van der Waals surface area contributed by atoms with E-state index < -0.39 is 17.5 Å². The average molecular weight is 391 g/mol. The standard InChI is InChI=1S/C23H25N3O3/c1-23(18-11-3-2-4-12-18)21(28)26(22(29)25-23)15-20(27)24-14-17-10-7-9-16-8-5-6-13-19(16)17/h2-6,8,11-13,17H,7,9-10,14-15H2,1H3,(H,24,27)(H,25,29). The van der Waals surface area contributed by atoms with Gasteiger partial charge < -0.3 is 10.6 Å². The smallest absolute Gasteiger partial charge is 0.325 e. The van der Waals surface area contributed by atoms with Gasteiger partial charge in [-0.05, 0) is 42.9 Å². The molecular weight excluding hydrogens is 366 g/mol. The molecule has 150 valence electrons. The highest BCUT2D eigenvalue weighted by atomic mass is 16.2. The van der Waals surface area contributed by atoms with E-state index in [-0.39, 0.29) is 18.4 Å². The van der Waals surface area contributed by atoms with Gasteiger partial charge in [0, 0.05) is 12.5 Å². The Morgan fingerprint density at radius 3 is 2.66 bits per heavy atom. The van der Waals surface area contributed by atoms with Gasteiger partial charge in [0.2, 0.25) is 5.91 Å². The summed E-state index contributed by atoms with van der Waals surface area (Å²) < 4.78 is 0. The van der Waals surface area contributed by atoms with Gasteiger partial charge in [0.15, 0.2) is 0 Å². The Kier molecular flexibility index (Phi) is 5.09.